The molecule has 0 aliphatic carbocycles. The highest BCUT2D eigenvalue weighted by Gasteiger charge is 2.17. The molecule has 0 aromatic heterocycles. The molecule has 0 radical (unpaired) electrons. The van der Waals surface area contributed by atoms with E-state index in [0.29, 0.717) is 23.6 Å². The number of hydrogen-bond donors (Lipinski definition) is 2. The van der Waals surface area contributed by atoms with Gasteiger partial charge in [-0.3, -0.25) is 9.59 Å². The molecule has 6 heteroatoms. The van der Waals surface area contributed by atoms with Gasteiger partial charge in [0.25, 0.3) is 11.8 Å². The van der Waals surface area contributed by atoms with E-state index in [1.807, 2.05) is 4.90 Å². The number of rotatable bonds is 9. The van der Waals surface area contributed by atoms with E-state index < -0.39 is 0 Å². The largest absolute Gasteiger partial charge is 0.352 e. The Balaban J connectivity index is 0.00000364. The van der Waals surface area contributed by atoms with E-state index in [1.54, 1.807) is 24.3 Å². The number of benzene rings is 1. The highest BCUT2D eigenvalue weighted by molar-refractivity contribution is 5.99. The first-order valence-corrected chi connectivity index (χ1v) is 10.0. The van der Waals surface area contributed by atoms with Crippen molar-refractivity contribution in [3.05, 3.63) is 35.4 Å². The van der Waals surface area contributed by atoms with Crippen molar-refractivity contribution in [3.8, 4) is 0 Å². The number of carbonyl (C=O) groups excluding carboxylic acids is 2. The van der Waals surface area contributed by atoms with Gasteiger partial charge in [-0.1, -0.05) is 19.9 Å². The number of piperidine rings is 1. The van der Waals surface area contributed by atoms with Crippen molar-refractivity contribution in [1.29, 1.82) is 0 Å². The SMILES string of the molecule is CCCN(CCC)C(=O)c1cccc(C(=O)NCCC2CCCNC2)c1.Cl. The molecule has 1 unspecified atom stereocenters. The van der Waals surface area contributed by atoms with E-state index in [2.05, 4.69) is 24.5 Å². The third-order valence-electron chi connectivity index (χ3n) is 4.88. The van der Waals surface area contributed by atoms with E-state index in [1.165, 1.54) is 12.8 Å². The molecule has 2 N–H and O–H groups in total. The van der Waals surface area contributed by atoms with E-state index in [-0.39, 0.29) is 24.2 Å². The highest BCUT2D eigenvalue weighted by atomic mass is 35.5. The lowest BCUT2D eigenvalue weighted by Gasteiger charge is -2.22. The molecule has 5 nitrogen and oxygen atoms in total. The zero-order valence-corrected chi connectivity index (χ0v) is 17.4. The summed E-state index contributed by atoms with van der Waals surface area (Å²) in [6.07, 6.45) is 5.31. The lowest BCUT2D eigenvalue weighted by Crippen LogP contribution is -2.34. The van der Waals surface area contributed by atoms with Crippen LogP contribution in [-0.2, 0) is 0 Å². The molecule has 27 heavy (non-hydrogen) atoms. The van der Waals surface area contributed by atoms with Crippen molar-refractivity contribution < 1.29 is 9.59 Å². The van der Waals surface area contributed by atoms with Crippen molar-refractivity contribution >= 4 is 24.2 Å². The predicted molar refractivity (Wildman–Crippen MR) is 113 cm³/mol. The fourth-order valence-electron chi connectivity index (χ4n) is 3.49. The fraction of sp³-hybridized carbons (Fsp3) is 0.619. The van der Waals surface area contributed by atoms with E-state index in [4.69, 9.17) is 0 Å². The van der Waals surface area contributed by atoms with Crippen LogP contribution in [-0.4, -0.2) is 49.4 Å². The van der Waals surface area contributed by atoms with Gasteiger partial charge in [-0.25, -0.2) is 0 Å². The molecule has 1 heterocycles. The fourth-order valence-corrected chi connectivity index (χ4v) is 3.49. The molecule has 2 rings (SSSR count). The van der Waals surface area contributed by atoms with Crippen LogP contribution in [0.5, 0.6) is 0 Å². The summed E-state index contributed by atoms with van der Waals surface area (Å²) in [5, 5.41) is 6.40. The van der Waals surface area contributed by atoms with Crippen LogP contribution in [0.1, 0.15) is 66.7 Å². The van der Waals surface area contributed by atoms with Crippen LogP contribution in [0.3, 0.4) is 0 Å². The number of amides is 2. The van der Waals surface area contributed by atoms with Gasteiger partial charge in [0.1, 0.15) is 0 Å². The summed E-state index contributed by atoms with van der Waals surface area (Å²) in [4.78, 5) is 27.0. The Labute approximate surface area is 169 Å². The topological polar surface area (TPSA) is 61.4 Å². The quantitative estimate of drug-likeness (QED) is 0.672. The molecule has 1 aliphatic heterocycles. The summed E-state index contributed by atoms with van der Waals surface area (Å²) in [6.45, 7) is 8.47. The van der Waals surface area contributed by atoms with Crippen molar-refractivity contribution in [2.24, 2.45) is 5.92 Å². The van der Waals surface area contributed by atoms with Crippen LogP contribution in [0.15, 0.2) is 24.3 Å². The van der Waals surface area contributed by atoms with Gasteiger partial charge in [0.05, 0.1) is 0 Å². The number of carbonyl (C=O) groups is 2. The Morgan fingerprint density at radius 3 is 2.52 bits per heavy atom. The summed E-state index contributed by atoms with van der Waals surface area (Å²) < 4.78 is 0. The first-order chi connectivity index (χ1) is 12.7. The minimum absolute atomic E-state index is 0. The molecule has 1 fully saturated rings. The summed E-state index contributed by atoms with van der Waals surface area (Å²) in [7, 11) is 0. The number of halogens is 1. The average molecular weight is 396 g/mol. The first-order valence-electron chi connectivity index (χ1n) is 10.0. The predicted octanol–water partition coefficient (Wildman–Crippen LogP) is 3.49. The van der Waals surface area contributed by atoms with Gasteiger partial charge in [-0.05, 0) is 69.3 Å². The molecule has 1 aliphatic rings. The zero-order chi connectivity index (χ0) is 18.8. The van der Waals surface area contributed by atoms with Crippen LogP contribution < -0.4 is 10.6 Å². The molecule has 1 aromatic rings. The van der Waals surface area contributed by atoms with Gasteiger partial charge in [0.2, 0.25) is 0 Å². The van der Waals surface area contributed by atoms with Gasteiger partial charge in [0.15, 0.2) is 0 Å². The Bertz CT molecular complexity index is 583. The lowest BCUT2D eigenvalue weighted by atomic mass is 9.96. The maximum Gasteiger partial charge on any atom is 0.253 e. The van der Waals surface area contributed by atoms with Gasteiger partial charge >= 0.3 is 0 Å². The number of nitrogens with zero attached hydrogens (tertiary/aromatic N) is 1. The van der Waals surface area contributed by atoms with E-state index in [0.717, 1.165) is 45.4 Å². The van der Waals surface area contributed by atoms with Crippen LogP contribution in [0, 0.1) is 5.92 Å². The standard InChI is InChI=1S/C21H33N3O2.ClH/c1-3-13-24(14-4-2)21(26)19-9-5-8-18(15-19)20(25)23-12-10-17-7-6-11-22-16-17;/h5,8-9,15,17,22H,3-4,6-7,10-14,16H2,1-2H3,(H,23,25);1H. The molecule has 0 bridgehead atoms. The monoisotopic (exact) mass is 395 g/mol. The smallest absolute Gasteiger partial charge is 0.253 e. The van der Waals surface area contributed by atoms with Crippen molar-refractivity contribution in [3.63, 3.8) is 0 Å². The van der Waals surface area contributed by atoms with Gasteiger partial charge in [-0.15, -0.1) is 12.4 Å². The maximum atomic E-state index is 12.7. The van der Waals surface area contributed by atoms with Crippen molar-refractivity contribution in [2.45, 2.75) is 46.0 Å². The summed E-state index contributed by atoms with van der Waals surface area (Å²) in [5.41, 5.74) is 1.15. The number of nitrogens with one attached hydrogen (secondary N) is 2. The molecule has 0 saturated carbocycles. The first kappa shape index (κ1) is 23.4. The molecular weight excluding hydrogens is 362 g/mol. The summed E-state index contributed by atoms with van der Waals surface area (Å²) >= 11 is 0. The second-order valence-corrected chi connectivity index (χ2v) is 7.13. The Hall–Kier alpha value is -1.59. The second-order valence-electron chi connectivity index (χ2n) is 7.13. The van der Waals surface area contributed by atoms with Crippen LogP contribution >= 0.6 is 12.4 Å². The second kappa shape index (κ2) is 12.7. The number of hydrogen-bond acceptors (Lipinski definition) is 3. The third-order valence-corrected chi connectivity index (χ3v) is 4.88. The van der Waals surface area contributed by atoms with Gasteiger partial charge < -0.3 is 15.5 Å². The minimum atomic E-state index is -0.0963. The van der Waals surface area contributed by atoms with Crippen LogP contribution in [0.4, 0.5) is 0 Å². The van der Waals surface area contributed by atoms with E-state index >= 15 is 0 Å². The Kier molecular flexibility index (Phi) is 11.1. The third kappa shape index (κ3) is 7.51. The molecule has 152 valence electrons. The average Bonchev–Trinajstić information content (AvgIpc) is 2.68. The molecule has 0 spiro atoms. The lowest BCUT2D eigenvalue weighted by molar-refractivity contribution is 0.0755. The zero-order valence-electron chi connectivity index (χ0n) is 16.6. The Morgan fingerprint density at radius 1 is 1.19 bits per heavy atom. The van der Waals surface area contributed by atoms with Crippen molar-refractivity contribution in [2.75, 3.05) is 32.7 Å². The molecular formula is C21H34ClN3O2. The van der Waals surface area contributed by atoms with Crippen molar-refractivity contribution in [1.82, 2.24) is 15.5 Å². The molecule has 1 aromatic carbocycles. The summed E-state index contributed by atoms with van der Waals surface area (Å²) in [5.74, 6) is 0.561. The molecule has 1 atom stereocenters. The maximum absolute atomic E-state index is 12.7. The minimum Gasteiger partial charge on any atom is -0.352 e. The van der Waals surface area contributed by atoms with Crippen LogP contribution in [0.2, 0.25) is 0 Å². The van der Waals surface area contributed by atoms with E-state index in [9.17, 15) is 9.59 Å². The summed E-state index contributed by atoms with van der Waals surface area (Å²) in [6, 6.07) is 7.09. The van der Waals surface area contributed by atoms with Crippen LogP contribution in [0.25, 0.3) is 0 Å². The normalized spacial score (nSPS) is 16.3. The Morgan fingerprint density at radius 2 is 1.89 bits per heavy atom. The molecule has 2 amide bonds. The highest BCUT2D eigenvalue weighted by Crippen LogP contribution is 2.13. The van der Waals surface area contributed by atoms with Gasteiger partial charge in [-0.2, -0.15) is 0 Å². The molecule has 1 saturated heterocycles. The van der Waals surface area contributed by atoms with Gasteiger partial charge in [0, 0.05) is 30.8 Å².